The molecule has 0 saturated heterocycles. The molecule has 16 heavy (non-hydrogen) atoms. The van der Waals surface area contributed by atoms with Crippen molar-refractivity contribution in [2.24, 2.45) is 0 Å². The van der Waals surface area contributed by atoms with E-state index >= 15 is 0 Å². The molecule has 0 spiro atoms. The van der Waals surface area contributed by atoms with Crippen molar-refractivity contribution in [1.82, 2.24) is 4.98 Å². The van der Waals surface area contributed by atoms with Crippen LogP contribution in [0.15, 0.2) is 47.2 Å². The minimum absolute atomic E-state index is 0.581. The number of rotatable bonds is 2. The number of pyridine rings is 1. The molecule has 2 heteroatoms. The van der Waals surface area contributed by atoms with E-state index in [-0.39, 0.29) is 0 Å². The minimum Gasteiger partial charge on any atom is -0.249 e. The van der Waals surface area contributed by atoms with Gasteiger partial charge in [0.25, 0.3) is 0 Å². The maximum Gasteiger partial charge on any atom is 0.106 e. The molecule has 0 atom stereocenters. The summed E-state index contributed by atoms with van der Waals surface area (Å²) in [4.78, 5) is 4.23. The average Bonchev–Trinajstić information content (AvgIpc) is 2.30. The Morgan fingerprint density at radius 1 is 0.938 bits per heavy atom. The summed E-state index contributed by atoms with van der Waals surface area (Å²) in [7, 11) is 0. The largest absolute Gasteiger partial charge is 0.249 e. The maximum absolute atomic E-state index is 4.23. The van der Waals surface area contributed by atoms with Crippen LogP contribution >= 0.6 is 15.9 Å². The van der Waals surface area contributed by atoms with Crippen LogP contribution < -0.4 is 0 Å². The Hall–Kier alpha value is -1.15. The van der Waals surface area contributed by atoms with Crippen molar-refractivity contribution < 1.29 is 0 Å². The van der Waals surface area contributed by atoms with Crippen LogP contribution in [0.5, 0.6) is 0 Å². The van der Waals surface area contributed by atoms with Crippen LogP contribution in [0.2, 0.25) is 0 Å². The van der Waals surface area contributed by atoms with Gasteiger partial charge in [0.2, 0.25) is 0 Å². The monoisotopic (exact) mass is 275 g/mol. The quantitative estimate of drug-likeness (QED) is 0.728. The fourth-order valence-corrected chi connectivity index (χ4v) is 1.84. The van der Waals surface area contributed by atoms with Gasteiger partial charge in [-0.15, -0.1) is 0 Å². The number of hydrogen-bond acceptors (Lipinski definition) is 1. The van der Waals surface area contributed by atoms with E-state index in [4.69, 9.17) is 0 Å². The summed E-state index contributed by atoms with van der Waals surface area (Å²) in [6.07, 6.45) is 1.88. The lowest BCUT2D eigenvalue weighted by molar-refractivity contribution is 0.867. The van der Waals surface area contributed by atoms with Crippen LogP contribution in [0.25, 0.3) is 11.1 Å². The highest BCUT2D eigenvalue weighted by atomic mass is 79.9. The summed E-state index contributed by atoms with van der Waals surface area (Å²) < 4.78 is 0.870. The number of halogens is 1. The number of benzene rings is 1. The highest BCUT2D eigenvalue weighted by Gasteiger charge is 2.01. The second kappa shape index (κ2) is 4.79. The third-order valence-corrected chi connectivity index (χ3v) is 3.11. The second-order valence-corrected chi connectivity index (χ2v) is 4.96. The fourth-order valence-electron chi connectivity index (χ4n) is 1.61. The Morgan fingerprint density at radius 3 is 2.06 bits per heavy atom. The van der Waals surface area contributed by atoms with Crippen LogP contribution in [-0.2, 0) is 0 Å². The van der Waals surface area contributed by atoms with E-state index in [1.807, 2.05) is 12.3 Å². The normalized spacial score (nSPS) is 10.8. The molecule has 0 bridgehead atoms. The molecule has 0 aliphatic rings. The highest BCUT2D eigenvalue weighted by molar-refractivity contribution is 9.10. The Kier molecular flexibility index (Phi) is 3.39. The molecule has 0 unspecified atom stereocenters. The summed E-state index contributed by atoms with van der Waals surface area (Å²) in [6.45, 7) is 4.41. The van der Waals surface area contributed by atoms with Crippen LogP contribution in [-0.4, -0.2) is 4.98 Å². The van der Waals surface area contributed by atoms with E-state index < -0.39 is 0 Å². The van der Waals surface area contributed by atoms with Crippen molar-refractivity contribution in [2.75, 3.05) is 0 Å². The van der Waals surface area contributed by atoms with E-state index in [0.29, 0.717) is 5.92 Å². The van der Waals surface area contributed by atoms with Crippen molar-refractivity contribution >= 4 is 15.9 Å². The molecule has 1 heterocycles. The molecule has 0 radical (unpaired) electrons. The third kappa shape index (κ3) is 2.50. The second-order valence-electron chi connectivity index (χ2n) is 4.15. The zero-order chi connectivity index (χ0) is 11.5. The Morgan fingerprint density at radius 2 is 1.56 bits per heavy atom. The summed E-state index contributed by atoms with van der Waals surface area (Å²) in [5, 5.41) is 0. The van der Waals surface area contributed by atoms with E-state index in [1.54, 1.807) is 0 Å². The predicted octanol–water partition coefficient (Wildman–Crippen LogP) is 4.63. The van der Waals surface area contributed by atoms with Gasteiger partial charge < -0.3 is 0 Å². The highest BCUT2D eigenvalue weighted by Crippen LogP contribution is 2.22. The molecule has 0 amide bonds. The van der Waals surface area contributed by atoms with Gasteiger partial charge in [-0.3, -0.25) is 0 Å². The topological polar surface area (TPSA) is 12.9 Å². The zero-order valence-electron chi connectivity index (χ0n) is 9.44. The van der Waals surface area contributed by atoms with Gasteiger partial charge in [-0.2, -0.15) is 0 Å². The van der Waals surface area contributed by atoms with Crippen molar-refractivity contribution in [3.8, 4) is 11.1 Å². The molecule has 82 valence electrons. The van der Waals surface area contributed by atoms with Gasteiger partial charge in [0, 0.05) is 11.8 Å². The number of nitrogens with zero attached hydrogens (tertiary/aromatic N) is 1. The van der Waals surface area contributed by atoms with Crippen molar-refractivity contribution in [1.29, 1.82) is 0 Å². The smallest absolute Gasteiger partial charge is 0.106 e. The van der Waals surface area contributed by atoms with Gasteiger partial charge in [-0.25, -0.2) is 4.98 Å². The summed E-state index contributed by atoms with van der Waals surface area (Å²) >= 11 is 3.34. The van der Waals surface area contributed by atoms with E-state index in [1.165, 1.54) is 11.1 Å². The molecule has 0 saturated carbocycles. The van der Waals surface area contributed by atoms with E-state index in [9.17, 15) is 0 Å². The molecule has 0 fully saturated rings. The standard InChI is InChI=1S/C14H14BrN/c1-10(2)11-3-5-12(6-4-11)13-7-8-14(15)16-9-13/h3-10H,1-2H3. The molecule has 0 aliphatic heterocycles. The lowest BCUT2D eigenvalue weighted by Crippen LogP contribution is -1.87. The zero-order valence-corrected chi connectivity index (χ0v) is 11.0. The van der Waals surface area contributed by atoms with Crippen molar-refractivity contribution in [3.63, 3.8) is 0 Å². The Labute approximate surface area is 105 Å². The van der Waals surface area contributed by atoms with E-state index in [0.717, 1.165) is 10.2 Å². The first-order chi connectivity index (χ1) is 7.66. The van der Waals surface area contributed by atoms with E-state index in [2.05, 4.69) is 65.1 Å². The molecule has 2 rings (SSSR count). The molecule has 0 N–H and O–H groups in total. The predicted molar refractivity (Wildman–Crippen MR) is 71.5 cm³/mol. The minimum atomic E-state index is 0.581. The molecule has 1 aromatic heterocycles. The van der Waals surface area contributed by atoms with Gasteiger partial charge >= 0.3 is 0 Å². The molecule has 2 aromatic rings. The van der Waals surface area contributed by atoms with Crippen LogP contribution in [0.4, 0.5) is 0 Å². The Balaban J connectivity index is 2.31. The van der Waals surface area contributed by atoms with Gasteiger partial charge in [0.15, 0.2) is 0 Å². The molecular weight excluding hydrogens is 262 g/mol. The molecule has 1 nitrogen and oxygen atoms in total. The first-order valence-electron chi connectivity index (χ1n) is 5.38. The molecular formula is C14H14BrN. The summed E-state index contributed by atoms with van der Waals surface area (Å²) in [5.74, 6) is 0.581. The number of hydrogen-bond donors (Lipinski definition) is 0. The molecule has 0 aliphatic carbocycles. The van der Waals surface area contributed by atoms with Crippen LogP contribution in [0.1, 0.15) is 25.3 Å². The average molecular weight is 276 g/mol. The fraction of sp³-hybridized carbons (Fsp3) is 0.214. The van der Waals surface area contributed by atoms with Gasteiger partial charge in [-0.1, -0.05) is 44.2 Å². The third-order valence-electron chi connectivity index (χ3n) is 2.64. The van der Waals surface area contributed by atoms with Gasteiger partial charge in [0.1, 0.15) is 4.60 Å². The van der Waals surface area contributed by atoms with Gasteiger partial charge in [-0.05, 0) is 39.0 Å². The summed E-state index contributed by atoms with van der Waals surface area (Å²) in [5.41, 5.74) is 3.73. The van der Waals surface area contributed by atoms with Gasteiger partial charge in [0.05, 0.1) is 0 Å². The van der Waals surface area contributed by atoms with Crippen molar-refractivity contribution in [3.05, 3.63) is 52.8 Å². The Bertz CT molecular complexity index is 457. The lowest BCUT2D eigenvalue weighted by atomic mass is 10.00. The summed E-state index contributed by atoms with van der Waals surface area (Å²) in [6, 6.07) is 12.7. The first-order valence-corrected chi connectivity index (χ1v) is 6.18. The van der Waals surface area contributed by atoms with Crippen LogP contribution in [0, 0.1) is 0 Å². The SMILES string of the molecule is CC(C)c1ccc(-c2ccc(Br)nc2)cc1. The van der Waals surface area contributed by atoms with Crippen LogP contribution in [0.3, 0.4) is 0 Å². The first kappa shape index (κ1) is 11.3. The maximum atomic E-state index is 4.23. The van der Waals surface area contributed by atoms with Crippen molar-refractivity contribution in [2.45, 2.75) is 19.8 Å². The lowest BCUT2D eigenvalue weighted by Gasteiger charge is -2.06. The number of aromatic nitrogens is 1. The molecule has 1 aromatic carbocycles.